The van der Waals surface area contributed by atoms with Gasteiger partial charge in [-0.1, -0.05) is 0 Å². The maximum atomic E-state index is 4.29. The Morgan fingerprint density at radius 2 is 1.88 bits per heavy atom. The molecule has 0 spiro atoms. The van der Waals surface area contributed by atoms with Crippen LogP contribution in [0.4, 0.5) is 0 Å². The highest BCUT2D eigenvalue weighted by Crippen LogP contribution is 2.26. The Labute approximate surface area is 97.6 Å². The average molecular weight is 226 g/mol. The molecule has 3 aromatic heterocycles. The lowest BCUT2D eigenvalue weighted by Gasteiger charge is -2.01. The monoisotopic (exact) mass is 226 g/mol. The Kier molecular flexibility index (Phi) is 2.31. The zero-order valence-electron chi connectivity index (χ0n) is 8.55. The van der Waals surface area contributed by atoms with Crippen molar-refractivity contribution in [3.8, 4) is 22.3 Å². The van der Waals surface area contributed by atoms with Gasteiger partial charge < -0.3 is 4.98 Å². The number of H-pyrrole nitrogens is 1. The Hall–Kier alpha value is -1.87. The summed E-state index contributed by atoms with van der Waals surface area (Å²) in [5.74, 6) is 0. The third-order valence-corrected chi connectivity index (χ3v) is 3.21. The lowest BCUT2D eigenvalue weighted by molar-refractivity contribution is 1.33. The zero-order valence-corrected chi connectivity index (χ0v) is 9.37. The van der Waals surface area contributed by atoms with Gasteiger partial charge >= 0.3 is 0 Å². The van der Waals surface area contributed by atoms with E-state index in [4.69, 9.17) is 0 Å². The minimum atomic E-state index is 1.14. The second-order valence-electron chi connectivity index (χ2n) is 3.57. The lowest BCUT2D eigenvalue weighted by Crippen LogP contribution is -1.80. The number of thiophene rings is 1. The largest absolute Gasteiger partial charge is 0.367 e. The minimum Gasteiger partial charge on any atom is -0.367 e. The summed E-state index contributed by atoms with van der Waals surface area (Å²) in [6, 6.07) is 6.33. The van der Waals surface area contributed by atoms with Crippen LogP contribution in [-0.4, -0.2) is 9.97 Å². The fourth-order valence-electron chi connectivity index (χ4n) is 1.69. The quantitative estimate of drug-likeness (QED) is 0.707. The van der Waals surface area contributed by atoms with E-state index in [2.05, 4.69) is 38.9 Å². The van der Waals surface area contributed by atoms with Crippen molar-refractivity contribution in [3.63, 3.8) is 0 Å². The maximum absolute atomic E-state index is 4.29. The Balaban J connectivity index is 2.07. The predicted molar refractivity (Wildman–Crippen MR) is 67.3 cm³/mol. The molecule has 3 aromatic rings. The summed E-state index contributed by atoms with van der Waals surface area (Å²) in [5, 5.41) is 4.22. The molecule has 0 saturated heterocycles. The molecule has 0 aliphatic heterocycles. The van der Waals surface area contributed by atoms with Crippen LogP contribution in [-0.2, 0) is 0 Å². The second-order valence-corrected chi connectivity index (χ2v) is 4.35. The molecule has 3 rings (SSSR count). The first-order chi connectivity index (χ1) is 7.93. The number of aromatic nitrogens is 2. The Morgan fingerprint density at radius 1 is 1.00 bits per heavy atom. The first-order valence-corrected chi connectivity index (χ1v) is 5.98. The van der Waals surface area contributed by atoms with Gasteiger partial charge in [-0.2, -0.15) is 11.3 Å². The van der Waals surface area contributed by atoms with Gasteiger partial charge in [0.1, 0.15) is 0 Å². The van der Waals surface area contributed by atoms with Crippen molar-refractivity contribution >= 4 is 11.3 Å². The van der Waals surface area contributed by atoms with Crippen molar-refractivity contribution in [2.75, 3.05) is 0 Å². The Bertz CT molecular complexity index is 518. The number of hydrogen-bond donors (Lipinski definition) is 1. The minimum absolute atomic E-state index is 1.14. The SMILES string of the molecule is c1cc(-c2cncc(-c3ccsc3)c2)c[nH]1. The van der Waals surface area contributed by atoms with Gasteiger partial charge in [0.15, 0.2) is 0 Å². The van der Waals surface area contributed by atoms with E-state index in [0.717, 1.165) is 5.56 Å². The highest BCUT2D eigenvalue weighted by molar-refractivity contribution is 7.08. The van der Waals surface area contributed by atoms with Gasteiger partial charge in [0.05, 0.1) is 0 Å². The molecular weight excluding hydrogens is 216 g/mol. The summed E-state index contributed by atoms with van der Waals surface area (Å²) < 4.78 is 0. The van der Waals surface area contributed by atoms with Gasteiger partial charge in [-0.15, -0.1) is 0 Å². The molecule has 16 heavy (non-hydrogen) atoms. The molecule has 0 amide bonds. The third-order valence-electron chi connectivity index (χ3n) is 2.52. The van der Waals surface area contributed by atoms with Crippen LogP contribution in [0, 0.1) is 0 Å². The highest BCUT2D eigenvalue weighted by Gasteiger charge is 2.02. The van der Waals surface area contributed by atoms with Gasteiger partial charge in [-0.3, -0.25) is 4.98 Å². The number of aromatic amines is 1. The molecule has 3 heterocycles. The summed E-state index contributed by atoms with van der Waals surface area (Å²) in [5.41, 5.74) is 4.71. The zero-order chi connectivity index (χ0) is 10.8. The van der Waals surface area contributed by atoms with E-state index in [1.54, 1.807) is 11.3 Å². The molecule has 0 aliphatic rings. The van der Waals surface area contributed by atoms with Crippen LogP contribution in [0.25, 0.3) is 22.3 Å². The molecule has 0 bridgehead atoms. The van der Waals surface area contributed by atoms with Crippen LogP contribution in [0.2, 0.25) is 0 Å². The number of pyridine rings is 1. The third kappa shape index (κ3) is 1.66. The first-order valence-electron chi connectivity index (χ1n) is 5.04. The molecule has 1 N–H and O–H groups in total. The van der Waals surface area contributed by atoms with Crippen LogP contribution in [0.3, 0.4) is 0 Å². The molecule has 0 fully saturated rings. The van der Waals surface area contributed by atoms with Gasteiger partial charge in [0.2, 0.25) is 0 Å². The molecule has 0 atom stereocenters. The number of rotatable bonds is 2. The molecule has 2 nitrogen and oxygen atoms in total. The molecule has 0 radical (unpaired) electrons. The van der Waals surface area contributed by atoms with E-state index in [-0.39, 0.29) is 0 Å². The van der Waals surface area contributed by atoms with Crippen LogP contribution in [0.5, 0.6) is 0 Å². The molecule has 0 aliphatic carbocycles. The maximum Gasteiger partial charge on any atom is 0.0347 e. The van der Waals surface area contributed by atoms with E-state index >= 15 is 0 Å². The number of nitrogens with zero attached hydrogens (tertiary/aromatic N) is 1. The number of hydrogen-bond acceptors (Lipinski definition) is 2. The Morgan fingerprint density at radius 3 is 2.56 bits per heavy atom. The average Bonchev–Trinajstić information content (AvgIpc) is 3.03. The fourth-order valence-corrected chi connectivity index (χ4v) is 2.35. The molecule has 0 saturated carbocycles. The van der Waals surface area contributed by atoms with E-state index in [9.17, 15) is 0 Å². The standard InChI is InChI=1S/C13H10N2S/c1-3-14-6-10(1)12-5-13(8-15-7-12)11-2-4-16-9-11/h1-9,14H. The van der Waals surface area contributed by atoms with Gasteiger partial charge in [0, 0.05) is 41.5 Å². The normalized spacial score (nSPS) is 10.5. The summed E-state index contributed by atoms with van der Waals surface area (Å²) in [4.78, 5) is 7.34. The molecule has 0 aromatic carbocycles. The summed E-state index contributed by atoms with van der Waals surface area (Å²) in [6.07, 6.45) is 7.69. The molecule has 3 heteroatoms. The predicted octanol–water partition coefficient (Wildman–Crippen LogP) is 3.81. The van der Waals surface area contributed by atoms with Gasteiger partial charge in [0.25, 0.3) is 0 Å². The summed E-state index contributed by atoms with van der Waals surface area (Å²) in [7, 11) is 0. The van der Waals surface area contributed by atoms with E-state index in [1.165, 1.54) is 16.7 Å². The van der Waals surface area contributed by atoms with Crippen LogP contribution >= 0.6 is 11.3 Å². The van der Waals surface area contributed by atoms with Crippen molar-refractivity contribution in [2.45, 2.75) is 0 Å². The van der Waals surface area contributed by atoms with Crippen molar-refractivity contribution in [1.29, 1.82) is 0 Å². The lowest BCUT2D eigenvalue weighted by atomic mass is 10.1. The smallest absolute Gasteiger partial charge is 0.0347 e. The fraction of sp³-hybridized carbons (Fsp3) is 0. The van der Waals surface area contributed by atoms with Crippen molar-refractivity contribution in [2.24, 2.45) is 0 Å². The van der Waals surface area contributed by atoms with Crippen molar-refractivity contribution < 1.29 is 0 Å². The van der Waals surface area contributed by atoms with E-state index in [1.807, 2.05) is 24.8 Å². The summed E-state index contributed by atoms with van der Waals surface area (Å²) in [6.45, 7) is 0. The van der Waals surface area contributed by atoms with E-state index < -0.39 is 0 Å². The molecule has 0 unspecified atom stereocenters. The van der Waals surface area contributed by atoms with Crippen molar-refractivity contribution in [3.05, 3.63) is 53.7 Å². The van der Waals surface area contributed by atoms with E-state index in [0.29, 0.717) is 0 Å². The van der Waals surface area contributed by atoms with Crippen LogP contribution in [0.1, 0.15) is 0 Å². The summed E-state index contributed by atoms with van der Waals surface area (Å²) >= 11 is 1.70. The first kappa shape index (κ1) is 9.36. The molecule has 78 valence electrons. The van der Waals surface area contributed by atoms with Crippen molar-refractivity contribution in [1.82, 2.24) is 9.97 Å². The highest BCUT2D eigenvalue weighted by atomic mass is 32.1. The van der Waals surface area contributed by atoms with Crippen LogP contribution in [0.15, 0.2) is 53.7 Å². The number of nitrogens with one attached hydrogen (secondary N) is 1. The van der Waals surface area contributed by atoms with Gasteiger partial charge in [-0.05, 0) is 34.5 Å². The topological polar surface area (TPSA) is 28.7 Å². The van der Waals surface area contributed by atoms with Gasteiger partial charge in [-0.25, -0.2) is 0 Å². The molecular formula is C13H10N2S. The van der Waals surface area contributed by atoms with Crippen LogP contribution < -0.4 is 0 Å². The second kappa shape index (κ2) is 3.94.